The highest BCUT2D eigenvalue weighted by atomic mass is 19.4. The van der Waals surface area contributed by atoms with Crippen LogP contribution in [0.25, 0.3) is 33.5 Å². The molecule has 0 atom stereocenters. The van der Waals surface area contributed by atoms with Crippen LogP contribution in [-0.4, -0.2) is 47.2 Å². The fraction of sp³-hybridized carbons (Fsp3) is 0.308. The first-order valence-corrected chi connectivity index (χ1v) is 11.7. The minimum Gasteiger partial charge on any atom is -0.465 e. The van der Waals surface area contributed by atoms with E-state index in [0.29, 0.717) is 32.6 Å². The van der Waals surface area contributed by atoms with Crippen molar-refractivity contribution >= 4 is 17.1 Å². The zero-order valence-electron chi connectivity index (χ0n) is 20.5. The summed E-state index contributed by atoms with van der Waals surface area (Å²) < 4.78 is 41.5. The van der Waals surface area contributed by atoms with Crippen LogP contribution in [0, 0.1) is 0 Å². The zero-order valence-corrected chi connectivity index (χ0v) is 20.5. The first kappa shape index (κ1) is 25.5. The van der Waals surface area contributed by atoms with Gasteiger partial charge < -0.3 is 20.1 Å². The topological polar surface area (TPSA) is 122 Å². The van der Waals surface area contributed by atoms with Crippen molar-refractivity contribution < 1.29 is 28.2 Å². The molecule has 0 unspecified atom stereocenters. The zero-order chi connectivity index (χ0) is 27.5. The van der Waals surface area contributed by atoms with E-state index in [9.17, 15) is 33.0 Å². The van der Waals surface area contributed by atoms with Gasteiger partial charge in [-0.3, -0.25) is 14.3 Å². The number of pyridine rings is 1. The third-order valence-corrected chi connectivity index (χ3v) is 6.85. The maximum atomic E-state index is 13.3. The second kappa shape index (κ2) is 8.69. The van der Waals surface area contributed by atoms with Gasteiger partial charge in [-0.2, -0.15) is 13.2 Å². The number of aromatic nitrogens is 4. The molecule has 38 heavy (non-hydrogen) atoms. The SMILES string of the molecule is Cn1c(-c2ccc(C3(NC(=O)O)CC(C)(O)C3)cc2)c(-c2ccccn2)c2c(=O)n(CC(F)(F)F)cnc21. The summed E-state index contributed by atoms with van der Waals surface area (Å²) in [5, 5.41) is 22.2. The molecule has 1 amide bonds. The standard InChI is InChI=1S/C26H24F3N5O4/c1-24(38)11-25(12-24,32-23(36)37)16-8-6-15(7-9-16)20-18(17-5-3-4-10-30-17)19-21(33(20)2)31-14-34(22(19)35)13-26(27,28)29/h3-10,14,32,38H,11-13H2,1-2H3,(H,36,37). The lowest BCUT2D eigenvalue weighted by molar-refractivity contribution is -0.141. The molecule has 5 rings (SSSR count). The highest BCUT2D eigenvalue weighted by Crippen LogP contribution is 2.48. The summed E-state index contributed by atoms with van der Waals surface area (Å²) >= 11 is 0. The molecule has 1 aromatic carbocycles. The number of hydrogen-bond donors (Lipinski definition) is 3. The summed E-state index contributed by atoms with van der Waals surface area (Å²) in [4.78, 5) is 33.3. The van der Waals surface area contributed by atoms with Gasteiger partial charge in [-0.1, -0.05) is 30.3 Å². The lowest BCUT2D eigenvalue weighted by Gasteiger charge is -2.51. The monoisotopic (exact) mass is 527 g/mol. The van der Waals surface area contributed by atoms with Crippen molar-refractivity contribution in [3.8, 4) is 22.5 Å². The molecule has 198 valence electrons. The van der Waals surface area contributed by atoms with Crippen molar-refractivity contribution in [2.45, 2.75) is 43.6 Å². The molecular formula is C26H24F3N5O4. The maximum absolute atomic E-state index is 13.3. The van der Waals surface area contributed by atoms with Crippen LogP contribution in [0.3, 0.4) is 0 Å². The van der Waals surface area contributed by atoms with Crippen LogP contribution >= 0.6 is 0 Å². The van der Waals surface area contributed by atoms with Crippen molar-refractivity contribution in [1.82, 2.24) is 24.4 Å². The molecule has 9 nitrogen and oxygen atoms in total. The summed E-state index contributed by atoms with van der Waals surface area (Å²) in [6.07, 6.45) is -3.02. The number of hydrogen-bond acceptors (Lipinski definition) is 5. The number of aliphatic hydroxyl groups is 1. The van der Waals surface area contributed by atoms with Crippen molar-refractivity contribution in [3.05, 3.63) is 70.9 Å². The molecule has 0 saturated heterocycles. The molecule has 0 spiro atoms. The number of alkyl halides is 3. The fourth-order valence-electron chi connectivity index (χ4n) is 5.51. The highest BCUT2D eigenvalue weighted by Gasteiger charge is 2.53. The summed E-state index contributed by atoms with van der Waals surface area (Å²) in [5.74, 6) is 0. The number of amides is 1. The van der Waals surface area contributed by atoms with E-state index in [1.807, 2.05) is 0 Å². The average molecular weight is 528 g/mol. The van der Waals surface area contributed by atoms with Gasteiger partial charge >= 0.3 is 12.3 Å². The summed E-state index contributed by atoms with van der Waals surface area (Å²) in [6, 6.07) is 12.0. The van der Waals surface area contributed by atoms with Crippen molar-refractivity contribution in [3.63, 3.8) is 0 Å². The van der Waals surface area contributed by atoms with Gasteiger partial charge in [0, 0.05) is 31.6 Å². The lowest BCUT2D eigenvalue weighted by atomic mass is 9.62. The highest BCUT2D eigenvalue weighted by molar-refractivity contribution is 6.01. The lowest BCUT2D eigenvalue weighted by Crippen LogP contribution is -2.61. The number of rotatable bonds is 5. The quantitative estimate of drug-likeness (QED) is 0.360. The molecule has 0 aliphatic heterocycles. The van der Waals surface area contributed by atoms with Gasteiger partial charge in [0.15, 0.2) is 0 Å². The summed E-state index contributed by atoms with van der Waals surface area (Å²) in [6.45, 7) is 0.161. The van der Waals surface area contributed by atoms with Gasteiger partial charge in [-0.25, -0.2) is 9.78 Å². The molecule has 3 heterocycles. The number of halogens is 3. The predicted molar refractivity (Wildman–Crippen MR) is 132 cm³/mol. The van der Waals surface area contributed by atoms with E-state index in [1.54, 1.807) is 61.0 Å². The largest absolute Gasteiger partial charge is 0.465 e. The Morgan fingerprint density at radius 1 is 1.13 bits per heavy atom. The number of aryl methyl sites for hydroxylation is 1. The Bertz CT molecular complexity index is 1580. The van der Waals surface area contributed by atoms with E-state index in [4.69, 9.17) is 0 Å². The van der Waals surface area contributed by atoms with Gasteiger partial charge in [-0.15, -0.1) is 0 Å². The van der Waals surface area contributed by atoms with Gasteiger partial charge in [-0.05, 0) is 30.2 Å². The van der Waals surface area contributed by atoms with Crippen LogP contribution in [0.2, 0.25) is 0 Å². The van der Waals surface area contributed by atoms with E-state index in [1.165, 1.54) is 6.20 Å². The third-order valence-electron chi connectivity index (χ3n) is 6.85. The second-order valence-corrected chi connectivity index (χ2v) is 9.93. The first-order chi connectivity index (χ1) is 17.8. The average Bonchev–Trinajstić information content (AvgIpc) is 3.12. The Labute approximate surface area is 214 Å². The van der Waals surface area contributed by atoms with Crippen LogP contribution in [0.5, 0.6) is 0 Å². The van der Waals surface area contributed by atoms with Crippen LogP contribution in [0.1, 0.15) is 25.3 Å². The smallest absolute Gasteiger partial charge is 0.406 e. The van der Waals surface area contributed by atoms with Gasteiger partial charge in [0.25, 0.3) is 5.56 Å². The Kier molecular flexibility index (Phi) is 5.82. The minimum atomic E-state index is -4.61. The minimum absolute atomic E-state index is 0.0103. The molecule has 1 fully saturated rings. The second-order valence-electron chi connectivity index (χ2n) is 9.93. The Morgan fingerprint density at radius 3 is 2.37 bits per heavy atom. The molecule has 0 bridgehead atoms. The molecule has 12 heteroatoms. The van der Waals surface area contributed by atoms with E-state index < -0.39 is 35.5 Å². The fourth-order valence-corrected chi connectivity index (χ4v) is 5.51. The van der Waals surface area contributed by atoms with Crippen molar-refractivity contribution in [2.75, 3.05) is 0 Å². The molecule has 4 aromatic rings. The van der Waals surface area contributed by atoms with Crippen LogP contribution in [0.4, 0.5) is 18.0 Å². The number of nitrogens with zero attached hydrogens (tertiary/aromatic N) is 4. The first-order valence-electron chi connectivity index (χ1n) is 11.7. The Balaban J connectivity index is 1.69. The molecule has 1 saturated carbocycles. The molecule has 1 aliphatic rings. The summed E-state index contributed by atoms with van der Waals surface area (Å²) in [5.41, 5.74) is -0.0865. The van der Waals surface area contributed by atoms with Crippen LogP contribution < -0.4 is 10.9 Å². The van der Waals surface area contributed by atoms with E-state index in [2.05, 4.69) is 15.3 Å². The molecule has 0 radical (unpaired) electrons. The molecule has 3 aromatic heterocycles. The Hall–Kier alpha value is -4.19. The number of fused-ring (bicyclic) bond motifs is 1. The predicted octanol–water partition coefficient (Wildman–Crippen LogP) is 4.03. The number of nitrogens with one attached hydrogen (secondary N) is 1. The molecule has 1 aliphatic carbocycles. The Morgan fingerprint density at radius 2 is 1.82 bits per heavy atom. The van der Waals surface area contributed by atoms with Crippen LogP contribution in [-0.2, 0) is 19.1 Å². The maximum Gasteiger partial charge on any atom is 0.406 e. The van der Waals surface area contributed by atoms with E-state index >= 15 is 0 Å². The number of benzene rings is 1. The normalized spacial score (nSPS) is 21.3. The van der Waals surface area contributed by atoms with E-state index in [0.717, 1.165) is 6.33 Å². The van der Waals surface area contributed by atoms with Gasteiger partial charge in [0.2, 0.25) is 0 Å². The van der Waals surface area contributed by atoms with Crippen LogP contribution in [0.15, 0.2) is 59.8 Å². The van der Waals surface area contributed by atoms with Crippen molar-refractivity contribution in [1.29, 1.82) is 0 Å². The third kappa shape index (κ3) is 4.40. The number of carboxylic acid groups (broad SMARTS) is 1. The molecular weight excluding hydrogens is 503 g/mol. The van der Waals surface area contributed by atoms with Gasteiger partial charge in [0.05, 0.1) is 27.9 Å². The van der Waals surface area contributed by atoms with Gasteiger partial charge in [0.1, 0.15) is 18.5 Å². The molecule has 3 N–H and O–H groups in total. The number of carbonyl (C=O) groups is 1. The van der Waals surface area contributed by atoms with Crippen molar-refractivity contribution in [2.24, 2.45) is 7.05 Å². The summed E-state index contributed by atoms with van der Waals surface area (Å²) in [7, 11) is 1.66. The van der Waals surface area contributed by atoms with E-state index in [-0.39, 0.29) is 23.9 Å².